The van der Waals surface area contributed by atoms with E-state index in [4.69, 9.17) is 4.74 Å². The number of H-pyrrole nitrogens is 1. The molecule has 4 heterocycles. The molecule has 2 saturated heterocycles. The van der Waals surface area contributed by atoms with Crippen LogP contribution in [0.25, 0.3) is 0 Å². The van der Waals surface area contributed by atoms with E-state index in [1.54, 1.807) is 0 Å². The van der Waals surface area contributed by atoms with Crippen LogP contribution in [0.2, 0.25) is 0 Å². The average Bonchev–Trinajstić information content (AvgIpc) is 3.34. The first-order valence-corrected chi connectivity index (χ1v) is 9.64. The number of nitrogens with zero attached hydrogens (tertiary/aromatic N) is 5. The van der Waals surface area contributed by atoms with Gasteiger partial charge in [-0.3, -0.25) is 9.36 Å². The number of nitrogens with one attached hydrogen (secondary N) is 1. The molecule has 8 nitrogen and oxygen atoms in total. The van der Waals surface area contributed by atoms with Crippen molar-refractivity contribution in [3.05, 3.63) is 28.2 Å². The summed E-state index contributed by atoms with van der Waals surface area (Å²) in [5, 5.41) is 9.35. The summed E-state index contributed by atoms with van der Waals surface area (Å²) in [7, 11) is 3.50. The predicted octanol–water partition coefficient (Wildman–Crippen LogP) is 1.82. The van der Waals surface area contributed by atoms with Crippen LogP contribution in [0.5, 0.6) is 5.75 Å². The lowest BCUT2D eigenvalue weighted by atomic mass is 10.2. The van der Waals surface area contributed by atoms with Crippen molar-refractivity contribution in [1.82, 2.24) is 24.7 Å². The molecule has 0 amide bonds. The quantitative estimate of drug-likeness (QED) is 0.887. The highest BCUT2D eigenvalue weighted by Crippen LogP contribution is 2.40. The first kappa shape index (κ1) is 16.4. The van der Waals surface area contributed by atoms with Crippen LogP contribution < -0.4 is 15.2 Å². The summed E-state index contributed by atoms with van der Waals surface area (Å²) in [6.45, 7) is 0.879. The Hall–Kier alpha value is -2.03. The van der Waals surface area contributed by atoms with Crippen LogP contribution >= 0.6 is 11.8 Å². The maximum atomic E-state index is 12.0. The van der Waals surface area contributed by atoms with Crippen LogP contribution in [-0.2, 0) is 7.05 Å². The Labute approximate surface area is 150 Å². The molecule has 0 aliphatic carbocycles. The summed E-state index contributed by atoms with van der Waals surface area (Å²) in [6.07, 6.45) is 5.84. The van der Waals surface area contributed by atoms with Gasteiger partial charge in [-0.05, 0) is 31.4 Å². The van der Waals surface area contributed by atoms with Crippen molar-refractivity contribution in [3.8, 4) is 5.75 Å². The third-order valence-electron chi connectivity index (χ3n) is 4.93. The molecule has 2 aromatic rings. The lowest BCUT2D eigenvalue weighted by Gasteiger charge is -2.24. The van der Waals surface area contributed by atoms with Crippen molar-refractivity contribution in [1.29, 1.82) is 0 Å². The number of ether oxygens (including phenoxy) is 1. The normalized spacial score (nSPS) is 23.4. The number of methoxy groups -OCH3 is 1. The topological polar surface area (TPSA) is 88.9 Å². The van der Waals surface area contributed by atoms with E-state index in [0.717, 1.165) is 37.6 Å². The number of aromatic amines is 1. The number of rotatable bonds is 4. The van der Waals surface area contributed by atoms with Crippen molar-refractivity contribution in [2.24, 2.45) is 7.05 Å². The smallest absolute Gasteiger partial charge is 0.293 e. The van der Waals surface area contributed by atoms with Gasteiger partial charge in [0.05, 0.1) is 24.6 Å². The number of anilines is 1. The standard InChI is InChI=1S/C16H22N6O2S/c1-21-14(12-6-4-8-25-12)19-20-16(21)22-7-3-5-10(22)13-17-9-11(24-2)15(23)18-13/h9-10,12H,3-8H2,1-2H3,(H,17,18,23). The zero-order valence-electron chi connectivity index (χ0n) is 14.4. The van der Waals surface area contributed by atoms with Crippen LogP contribution in [0.15, 0.2) is 11.0 Å². The molecule has 2 aliphatic heterocycles. The van der Waals surface area contributed by atoms with Crippen molar-refractivity contribution in [2.45, 2.75) is 37.0 Å². The van der Waals surface area contributed by atoms with E-state index in [1.165, 1.54) is 25.5 Å². The van der Waals surface area contributed by atoms with Gasteiger partial charge < -0.3 is 14.6 Å². The summed E-state index contributed by atoms with van der Waals surface area (Å²) >= 11 is 1.95. The molecule has 0 spiro atoms. The molecule has 25 heavy (non-hydrogen) atoms. The minimum absolute atomic E-state index is 0.00517. The number of thioether (sulfide) groups is 1. The van der Waals surface area contributed by atoms with E-state index in [0.29, 0.717) is 11.1 Å². The molecule has 0 bridgehead atoms. The summed E-state index contributed by atoms with van der Waals surface area (Å²) in [6, 6.07) is 0.00517. The molecule has 134 valence electrons. The summed E-state index contributed by atoms with van der Waals surface area (Å²) < 4.78 is 7.10. The SMILES string of the molecule is COc1cnc(C2CCCN2c2nnc(C3CCCS3)n2C)[nH]c1=O. The monoisotopic (exact) mass is 362 g/mol. The lowest BCUT2D eigenvalue weighted by molar-refractivity contribution is 0.404. The van der Waals surface area contributed by atoms with Crippen molar-refractivity contribution in [2.75, 3.05) is 24.3 Å². The second-order valence-corrected chi connectivity index (χ2v) is 7.75. The maximum absolute atomic E-state index is 12.0. The third kappa shape index (κ3) is 2.90. The number of aromatic nitrogens is 5. The molecule has 0 aromatic carbocycles. The van der Waals surface area contributed by atoms with E-state index < -0.39 is 0 Å². The Morgan fingerprint density at radius 1 is 1.32 bits per heavy atom. The van der Waals surface area contributed by atoms with Crippen LogP contribution in [0, 0.1) is 0 Å². The Kier molecular flexibility index (Phi) is 4.41. The van der Waals surface area contributed by atoms with Crippen molar-refractivity contribution >= 4 is 17.7 Å². The Morgan fingerprint density at radius 3 is 2.92 bits per heavy atom. The molecule has 2 aliphatic rings. The van der Waals surface area contributed by atoms with Crippen molar-refractivity contribution < 1.29 is 4.74 Å². The van der Waals surface area contributed by atoms with Gasteiger partial charge in [0.15, 0.2) is 0 Å². The third-order valence-corrected chi connectivity index (χ3v) is 6.31. The Morgan fingerprint density at radius 2 is 2.20 bits per heavy atom. The first-order valence-electron chi connectivity index (χ1n) is 8.59. The first-order chi connectivity index (χ1) is 12.2. The largest absolute Gasteiger partial charge is 0.490 e. The zero-order chi connectivity index (χ0) is 17.4. The highest BCUT2D eigenvalue weighted by Gasteiger charge is 2.33. The van der Waals surface area contributed by atoms with Gasteiger partial charge in [0.2, 0.25) is 11.7 Å². The highest BCUT2D eigenvalue weighted by molar-refractivity contribution is 7.99. The summed E-state index contributed by atoms with van der Waals surface area (Å²) in [4.78, 5) is 21.5. The van der Waals surface area contributed by atoms with Gasteiger partial charge in [0.25, 0.3) is 5.56 Å². The molecule has 2 fully saturated rings. The molecule has 2 unspecified atom stereocenters. The van der Waals surface area contributed by atoms with Crippen LogP contribution in [-0.4, -0.2) is 44.1 Å². The molecular weight excluding hydrogens is 340 g/mol. The molecule has 1 N–H and O–H groups in total. The molecule has 0 saturated carbocycles. The van der Waals surface area contributed by atoms with E-state index in [9.17, 15) is 4.79 Å². The van der Waals surface area contributed by atoms with E-state index in [1.807, 2.05) is 18.8 Å². The Balaban J connectivity index is 1.64. The van der Waals surface area contributed by atoms with Gasteiger partial charge >= 0.3 is 0 Å². The minimum Gasteiger partial charge on any atom is -0.490 e. The van der Waals surface area contributed by atoms with Gasteiger partial charge in [-0.2, -0.15) is 11.8 Å². The Bertz CT molecular complexity index is 813. The summed E-state index contributed by atoms with van der Waals surface area (Å²) in [5.41, 5.74) is -0.250. The molecule has 9 heteroatoms. The fourth-order valence-corrected chi connectivity index (χ4v) is 4.95. The number of hydrogen-bond acceptors (Lipinski definition) is 7. The van der Waals surface area contributed by atoms with Gasteiger partial charge in [0, 0.05) is 13.6 Å². The van der Waals surface area contributed by atoms with Crippen molar-refractivity contribution in [3.63, 3.8) is 0 Å². The van der Waals surface area contributed by atoms with E-state index in [2.05, 4.69) is 29.6 Å². The zero-order valence-corrected chi connectivity index (χ0v) is 15.3. The molecule has 0 radical (unpaired) electrons. The minimum atomic E-state index is -0.250. The fourth-order valence-electron chi connectivity index (χ4n) is 3.65. The van der Waals surface area contributed by atoms with Gasteiger partial charge in [-0.1, -0.05) is 0 Å². The van der Waals surface area contributed by atoms with E-state index in [-0.39, 0.29) is 17.4 Å². The highest BCUT2D eigenvalue weighted by atomic mass is 32.2. The average molecular weight is 362 g/mol. The second kappa shape index (κ2) is 6.70. The van der Waals surface area contributed by atoms with Crippen LogP contribution in [0.4, 0.5) is 5.95 Å². The van der Waals surface area contributed by atoms with Gasteiger partial charge in [-0.15, -0.1) is 10.2 Å². The fraction of sp³-hybridized carbons (Fsp3) is 0.625. The van der Waals surface area contributed by atoms with Gasteiger partial charge in [0.1, 0.15) is 11.6 Å². The maximum Gasteiger partial charge on any atom is 0.293 e. The summed E-state index contributed by atoms with van der Waals surface area (Å²) in [5.74, 6) is 3.97. The van der Waals surface area contributed by atoms with E-state index >= 15 is 0 Å². The molecular formula is C16H22N6O2S. The van der Waals surface area contributed by atoms with Crippen LogP contribution in [0.3, 0.4) is 0 Å². The molecule has 2 aromatic heterocycles. The predicted molar refractivity (Wildman–Crippen MR) is 96.2 cm³/mol. The lowest BCUT2D eigenvalue weighted by Crippen LogP contribution is -2.28. The molecule has 2 atom stereocenters. The number of hydrogen-bond donors (Lipinski definition) is 1. The molecule has 4 rings (SSSR count). The van der Waals surface area contributed by atoms with Gasteiger partial charge in [-0.25, -0.2) is 4.98 Å². The second-order valence-electron chi connectivity index (χ2n) is 6.44. The van der Waals surface area contributed by atoms with Crippen LogP contribution in [0.1, 0.15) is 48.6 Å².